The summed E-state index contributed by atoms with van der Waals surface area (Å²) in [6.07, 6.45) is -0.382. The highest BCUT2D eigenvalue weighted by Crippen LogP contribution is 2.23. The van der Waals surface area contributed by atoms with Gasteiger partial charge in [0, 0.05) is 6.04 Å². The van der Waals surface area contributed by atoms with Crippen molar-refractivity contribution in [1.82, 2.24) is 5.32 Å². The van der Waals surface area contributed by atoms with Gasteiger partial charge in [-0.1, -0.05) is 0 Å². The number of carbonyl (C=O) groups is 2. The molecule has 0 saturated carbocycles. The lowest BCUT2D eigenvalue weighted by atomic mass is 9.92. The molecule has 0 bridgehead atoms. The van der Waals surface area contributed by atoms with E-state index in [1.54, 1.807) is 20.8 Å². The average molecular weight is 321 g/mol. The number of hydrogen-bond acceptors (Lipinski definition) is 5. The number of nitrogens with one attached hydrogen (secondary N) is 1. The highest BCUT2D eigenvalue weighted by atomic mass is 32.2. The maximum Gasteiger partial charge on any atom is 0.407 e. The zero-order chi connectivity index (χ0) is 16.3. The predicted molar refractivity (Wildman–Crippen MR) is 76.8 cm³/mol. The van der Waals surface area contributed by atoms with Crippen LogP contribution in [-0.2, 0) is 19.4 Å². The zero-order valence-electron chi connectivity index (χ0n) is 12.6. The Morgan fingerprint density at radius 3 is 2.33 bits per heavy atom. The van der Waals surface area contributed by atoms with Gasteiger partial charge in [-0.15, -0.1) is 0 Å². The maximum atomic E-state index is 11.8. The number of ether oxygens (including phenoxy) is 1. The van der Waals surface area contributed by atoms with E-state index in [0.29, 0.717) is 0 Å². The first kappa shape index (κ1) is 17.7. The fourth-order valence-electron chi connectivity index (χ4n) is 2.29. The molecular weight excluding hydrogens is 298 g/mol. The van der Waals surface area contributed by atoms with Gasteiger partial charge >= 0.3 is 12.1 Å². The molecule has 1 amide bonds. The minimum absolute atomic E-state index is 0.0442. The van der Waals surface area contributed by atoms with E-state index in [2.05, 4.69) is 5.32 Å². The van der Waals surface area contributed by atoms with Crippen molar-refractivity contribution in [3.05, 3.63) is 0 Å². The van der Waals surface area contributed by atoms with Gasteiger partial charge in [-0.25, -0.2) is 13.2 Å². The molecule has 8 heteroatoms. The first-order valence-electron chi connectivity index (χ1n) is 6.90. The molecule has 0 aromatic carbocycles. The minimum atomic E-state index is -3.18. The fourth-order valence-corrected chi connectivity index (χ4v) is 3.77. The summed E-state index contributed by atoms with van der Waals surface area (Å²) in [5, 5.41) is 11.6. The van der Waals surface area contributed by atoms with E-state index in [9.17, 15) is 18.0 Å². The second-order valence-corrected chi connectivity index (χ2v) is 8.64. The van der Waals surface area contributed by atoms with Crippen LogP contribution in [0.15, 0.2) is 0 Å². The summed E-state index contributed by atoms with van der Waals surface area (Å²) >= 11 is 0. The third-order valence-corrected chi connectivity index (χ3v) is 4.96. The van der Waals surface area contributed by atoms with Crippen molar-refractivity contribution in [2.75, 3.05) is 11.5 Å². The third kappa shape index (κ3) is 6.79. The lowest BCUT2D eigenvalue weighted by Crippen LogP contribution is -2.43. The Morgan fingerprint density at radius 1 is 1.24 bits per heavy atom. The molecule has 7 nitrogen and oxygen atoms in total. The molecule has 1 heterocycles. The molecule has 1 fully saturated rings. The molecule has 2 atom stereocenters. The topological polar surface area (TPSA) is 110 Å². The number of hydrogen-bond donors (Lipinski definition) is 2. The monoisotopic (exact) mass is 321 g/mol. The van der Waals surface area contributed by atoms with Crippen molar-refractivity contribution in [1.29, 1.82) is 0 Å². The van der Waals surface area contributed by atoms with Crippen LogP contribution in [0.25, 0.3) is 0 Å². The Labute approximate surface area is 125 Å². The second kappa shape index (κ2) is 6.64. The summed E-state index contributed by atoms with van der Waals surface area (Å²) in [4.78, 5) is 22.7. The standard InChI is InChI=1S/C13H23NO6S/c1-13(2,3)20-12(17)14-10-5-7-21(18,19)6-4-9(10)8-11(15)16/h9-10H,4-8H2,1-3H3,(H,14,17)(H,15,16). The number of amides is 1. The van der Waals surface area contributed by atoms with Crippen molar-refractivity contribution >= 4 is 21.9 Å². The first-order valence-corrected chi connectivity index (χ1v) is 8.72. The summed E-state index contributed by atoms with van der Waals surface area (Å²) in [5.74, 6) is -1.51. The van der Waals surface area contributed by atoms with Crippen molar-refractivity contribution < 1.29 is 27.9 Å². The highest BCUT2D eigenvalue weighted by molar-refractivity contribution is 7.91. The molecule has 1 saturated heterocycles. The Hall–Kier alpha value is -1.31. The largest absolute Gasteiger partial charge is 0.481 e. The highest BCUT2D eigenvalue weighted by Gasteiger charge is 2.32. The lowest BCUT2D eigenvalue weighted by molar-refractivity contribution is -0.138. The summed E-state index contributed by atoms with van der Waals surface area (Å²) in [7, 11) is -3.18. The van der Waals surface area contributed by atoms with Gasteiger partial charge in [-0.05, 0) is 39.5 Å². The summed E-state index contributed by atoms with van der Waals surface area (Å²) in [5.41, 5.74) is -0.664. The van der Waals surface area contributed by atoms with Crippen LogP contribution in [-0.4, -0.2) is 48.7 Å². The smallest absolute Gasteiger partial charge is 0.407 e. The Kier molecular flexibility index (Phi) is 5.61. The number of carboxylic acids is 1. The molecule has 0 spiro atoms. The lowest BCUT2D eigenvalue weighted by Gasteiger charge is -2.27. The summed E-state index contributed by atoms with van der Waals surface area (Å²) < 4.78 is 28.5. The average Bonchev–Trinajstić information content (AvgIpc) is 2.38. The molecular formula is C13H23NO6S. The summed E-state index contributed by atoms with van der Waals surface area (Å²) in [6.45, 7) is 5.16. The first-order chi connectivity index (χ1) is 9.48. The van der Waals surface area contributed by atoms with E-state index in [1.807, 2.05) is 0 Å². The van der Waals surface area contributed by atoms with Gasteiger partial charge < -0.3 is 15.2 Å². The van der Waals surface area contributed by atoms with Gasteiger partial charge in [0.1, 0.15) is 15.4 Å². The third-order valence-electron chi connectivity index (χ3n) is 3.25. The van der Waals surface area contributed by atoms with Crippen LogP contribution < -0.4 is 5.32 Å². The van der Waals surface area contributed by atoms with E-state index in [4.69, 9.17) is 9.84 Å². The van der Waals surface area contributed by atoms with E-state index in [-0.39, 0.29) is 30.8 Å². The van der Waals surface area contributed by atoms with Crippen LogP contribution >= 0.6 is 0 Å². The molecule has 0 aromatic rings. The fraction of sp³-hybridized carbons (Fsp3) is 0.846. The van der Waals surface area contributed by atoms with Gasteiger partial charge in [0.2, 0.25) is 0 Å². The number of alkyl carbamates (subject to hydrolysis) is 1. The van der Waals surface area contributed by atoms with Crippen LogP contribution in [0.5, 0.6) is 0 Å². The van der Waals surface area contributed by atoms with Crippen LogP contribution in [0, 0.1) is 5.92 Å². The van der Waals surface area contributed by atoms with Gasteiger partial charge in [-0.3, -0.25) is 4.79 Å². The predicted octanol–water partition coefficient (Wildman–Crippen LogP) is 1.18. The van der Waals surface area contributed by atoms with Crippen molar-refractivity contribution in [2.45, 2.75) is 51.7 Å². The van der Waals surface area contributed by atoms with Crippen LogP contribution in [0.3, 0.4) is 0 Å². The summed E-state index contributed by atoms with van der Waals surface area (Å²) in [6, 6.07) is -0.506. The van der Waals surface area contributed by atoms with Crippen LogP contribution in [0.1, 0.15) is 40.0 Å². The van der Waals surface area contributed by atoms with Gasteiger partial charge in [0.05, 0.1) is 17.9 Å². The Balaban J connectivity index is 2.77. The normalized spacial score (nSPS) is 25.7. The van der Waals surface area contributed by atoms with E-state index >= 15 is 0 Å². The van der Waals surface area contributed by atoms with Crippen LogP contribution in [0.2, 0.25) is 0 Å². The Morgan fingerprint density at radius 2 is 1.81 bits per heavy atom. The van der Waals surface area contributed by atoms with E-state index < -0.39 is 39.5 Å². The second-order valence-electron chi connectivity index (χ2n) is 6.34. The molecule has 122 valence electrons. The van der Waals surface area contributed by atoms with Gasteiger partial charge in [-0.2, -0.15) is 0 Å². The van der Waals surface area contributed by atoms with Crippen molar-refractivity contribution in [3.63, 3.8) is 0 Å². The SMILES string of the molecule is CC(C)(C)OC(=O)NC1CCS(=O)(=O)CCC1CC(=O)O. The van der Waals surface area contributed by atoms with Crippen molar-refractivity contribution in [2.24, 2.45) is 5.92 Å². The molecule has 0 radical (unpaired) electrons. The number of rotatable bonds is 3. The van der Waals surface area contributed by atoms with E-state index in [0.717, 1.165) is 0 Å². The molecule has 21 heavy (non-hydrogen) atoms. The van der Waals surface area contributed by atoms with Crippen molar-refractivity contribution in [3.8, 4) is 0 Å². The molecule has 2 N–H and O–H groups in total. The zero-order valence-corrected chi connectivity index (χ0v) is 13.4. The Bertz CT molecular complexity index is 493. The molecule has 1 aliphatic rings. The van der Waals surface area contributed by atoms with Gasteiger partial charge in [0.25, 0.3) is 0 Å². The molecule has 0 aliphatic carbocycles. The maximum absolute atomic E-state index is 11.8. The molecule has 1 aliphatic heterocycles. The quantitative estimate of drug-likeness (QED) is 0.807. The molecule has 0 aromatic heterocycles. The molecule has 1 rings (SSSR count). The van der Waals surface area contributed by atoms with Gasteiger partial charge in [0.15, 0.2) is 0 Å². The van der Waals surface area contributed by atoms with Crippen LogP contribution in [0.4, 0.5) is 4.79 Å². The number of sulfone groups is 1. The minimum Gasteiger partial charge on any atom is -0.481 e. The van der Waals surface area contributed by atoms with E-state index in [1.165, 1.54) is 0 Å². The number of aliphatic carboxylic acids is 1. The molecule has 2 unspecified atom stereocenters. The number of carboxylic acid groups (broad SMARTS) is 1. The number of carbonyl (C=O) groups excluding carboxylic acids is 1.